The fourth-order valence-corrected chi connectivity index (χ4v) is 2.54. The number of hydrogen-bond donors (Lipinski definition) is 2. The van der Waals surface area contributed by atoms with Crippen molar-refractivity contribution in [1.29, 1.82) is 0 Å². The lowest BCUT2D eigenvalue weighted by atomic mass is 9.94. The third-order valence-electron chi connectivity index (χ3n) is 3.73. The van der Waals surface area contributed by atoms with Gasteiger partial charge in [0.15, 0.2) is 0 Å². The van der Waals surface area contributed by atoms with Gasteiger partial charge < -0.3 is 15.5 Å². The highest BCUT2D eigenvalue weighted by atomic mass is 16.2. The van der Waals surface area contributed by atoms with Crippen LogP contribution in [0.1, 0.15) is 26.2 Å². The third kappa shape index (κ3) is 2.77. The van der Waals surface area contributed by atoms with Gasteiger partial charge in [-0.3, -0.25) is 9.59 Å². The smallest absolute Gasteiger partial charge is 0.244 e. The van der Waals surface area contributed by atoms with Crippen LogP contribution in [0.25, 0.3) is 0 Å². The molecule has 2 aliphatic heterocycles. The number of carbonyl (C=O) groups excluding carboxylic acids is 2. The van der Waals surface area contributed by atoms with Crippen LogP contribution in [0.5, 0.6) is 0 Å². The standard InChI is InChI=1S/C12H21N3O2/c1-8-3-5-13-10(7-8)11(16)14-9-4-6-15(2)12(9)17/h8-10,13H,3-7H2,1-2H3,(H,14,16). The molecule has 3 atom stereocenters. The van der Waals surface area contributed by atoms with Gasteiger partial charge in [-0.15, -0.1) is 0 Å². The number of carbonyl (C=O) groups is 2. The first-order chi connectivity index (χ1) is 8.08. The molecule has 0 aromatic rings. The molecular formula is C12H21N3O2. The molecule has 2 N–H and O–H groups in total. The summed E-state index contributed by atoms with van der Waals surface area (Å²) in [4.78, 5) is 25.4. The van der Waals surface area contributed by atoms with E-state index in [9.17, 15) is 9.59 Å². The second-order valence-corrected chi connectivity index (χ2v) is 5.25. The molecule has 2 aliphatic rings. The predicted molar refractivity (Wildman–Crippen MR) is 64.4 cm³/mol. The second kappa shape index (κ2) is 5.04. The van der Waals surface area contributed by atoms with E-state index in [4.69, 9.17) is 0 Å². The van der Waals surface area contributed by atoms with Crippen LogP contribution in [0.4, 0.5) is 0 Å². The highest BCUT2D eigenvalue weighted by molar-refractivity contribution is 5.90. The summed E-state index contributed by atoms with van der Waals surface area (Å²) in [6.07, 6.45) is 2.71. The van der Waals surface area contributed by atoms with Gasteiger partial charge in [-0.25, -0.2) is 0 Å². The van der Waals surface area contributed by atoms with Gasteiger partial charge in [-0.2, -0.15) is 0 Å². The van der Waals surface area contributed by atoms with Crippen LogP contribution >= 0.6 is 0 Å². The summed E-state index contributed by atoms with van der Waals surface area (Å²) >= 11 is 0. The van der Waals surface area contributed by atoms with E-state index >= 15 is 0 Å². The Bertz CT molecular complexity index is 319. The van der Waals surface area contributed by atoms with Gasteiger partial charge in [-0.05, 0) is 31.7 Å². The molecule has 17 heavy (non-hydrogen) atoms. The number of likely N-dealkylation sites (N-methyl/N-ethyl adjacent to an activating group) is 1. The molecule has 2 rings (SSSR count). The molecule has 0 spiro atoms. The molecule has 0 saturated carbocycles. The molecule has 0 aromatic heterocycles. The van der Waals surface area contributed by atoms with Crippen LogP contribution in [-0.4, -0.2) is 48.9 Å². The normalized spacial score (nSPS) is 33.9. The SMILES string of the molecule is CC1CCNC(C(=O)NC2CCN(C)C2=O)C1. The van der Waals surface area contributed by atoms with Gasteiger partial charge in [0.05, 0.1) is 6.04 Å². The second-order valence-electron chi connectivity index (χ2n) is 5.25. The fraction of sp³-hybridized carbons (Fsp3) is 0.833. The Kier molecular flexibility index (Phi) is 3.66. The van der Waals surface area contributed by atoms with Gasteiger partial charge in [0.25, 0.3) is 0 Å². The zero-order valence-corrected chi connectivity index (χ0v) is 10.5. The van der Waals surface area contributed by atoms with Crippen molar-refractivity contribution in [2.75, 3.05) is 20.1 Å². The van der Waals surface area contributed by atoms with Crippen LogP contribution < -0.4 is 10.6 Å². The highest BCUT2D eigenvalue weighted by Crippen LogP contribution is 2.16. The molecule has 0 radical (unpaired) electrons. The molecule has 0 bridgehead atoms. The summed E-state index contributed by atoms with van der Waals surface area (Å²) in [5.41, 5.74) is 0. The van der Waals surface area contributed by atoms with Gasteiger partial charge in [0.1, 0.15) is 6.04 Å². The summed E-state index contributed by atoms with van der Waals surface area (Å²) < 4.78 is 0. The molecular weight excluding hydrogens is 218 g/mol. The lowest BCUT2D eigenvalue weighted by Crippen LogP contribution is -2.52. The van der Waals surface area contributed by atoms with E-state index in [1.165, 1.54) is 0 Å². The molecule has 2 amide bonds. The average Bonchev–Trinajstić information content (AvgIpc) is 2.61. The van der Waals surface area contributed by atoms with Gasteiger partial charge in [0, 0.05) is 13.6 Å². The van der Waals surface area contributed by atoms with Crippen molar-refractivity contribution in [1.82, 2.24) is 15.5 Å². The Morgan fingerprint density at radius 2 is 2.24 bits per heavy atom. The lowest BCUT2D eigenvalue weighted by molar-refractivity contribution is -0.132. The van der Waals surface area contributed by atoms with E-state index in [0.717, 1.165) is 32.4 Å². The molecule has 5 nitrogen and oxygen atoms in total. The topological polar surface area (TPSA) is 61.4 Å². The molecule has 5 heteroatoms. The minimum absolute atomic E-state index is 0.0230. The highest BCUT2D eigenvalue weighted by Gasteiger charge is 2.33. The molecule has 0 aromatic carbocycles. The average molecular weight is 239 g/mol. The molecule has 2 heterocycles. The zero-order valence-electron chi connectivity index (χ0n) is 10.5. The summed E-state index contributed by atoms with van der Waals surface area (Å²) in [6.45, 7) is 3.78. The fourth-order valence-electron chi connectivity index (χ4n) is 2.54. The van der Waals surface area contributed by atoms with Crippen molar-refractivity contribution in [2.24, 2.45) is 5.92 Å². The molecule has 96 valence electrons. The van der Waals surface area contributed by atoms with Gasteiger partial charge in [0.2, 0.25) is 11.8 Å². The number of rotatable bonds is 2. The monoisotopic (exact) mass is 239 g/mol. The minimum Gasteiger partial charge on any atom is -0.344 e. The molecule has 0 aliphatic carbocycles. The summed E-state index contributed by atoms with van der Waals surface area (Å²) in [7, 11) is 1.77. The van der Waals surface area contributed by atoms with Gasteiger partial charge in [-0.1, -0.05) is 6.92 Å². The Balaban J connectivity index is 1.86. The van der Waals surface area contributed by atoms with Gasteiger partial charge >= 0.3 is 0 Å². The summed E-state index contributed by atoms with van der Waals surface area (Å²) in [5, 5.41) is 6.07. The Morgan fingerprint density at radius 1 is 1.47 bits per heavy atom. The molecule has 3 unspecified atom stereocenters. The largest absolute Gasteiger partial charge is 0.344 e. The van der Waals surface area contributed by atoms with Crippen LogP contribution in [0.15, 0.2) is 0 Å². The number of nitrogens with zero attached hydrogens (tertiary/aromatic N) is 1. The Morgan fingerprint density at radius 3 is 2.82 bits per heavy atom. The summed E-state index contributed by atoms with van der Waals surface area (Å²) in [6, 6.07) is -0.441. The maximum absolute atomic E-state index is 12.0. The first-order valence-electron chi connectivity index (χ1n) is 6.36. The number of nitrogens with one attached hydrogen (secondary N) is 2. The van der Waals surface area contributed by atoms with E-state index in [1.54, 1.807) is 11.9 Å². The number of amides is 2. The van der Waals surface area contributed by atoms with Crippen LogP contribution in [0.2, 0.25) is 0 Å². The van der Waals surface area contributed by atoms with E-state index < -0.39 is 0 Å². The van der Waals surface area contributed by atoms with Crippen LogP contribution in [-0.2, 0) is 9.59 Å². The molecule has 2 fully saturated rings. The zero-order chi connectivity index (χ0) is 12.4. The lowest BCUT2D eigenvalue weighted by Gasteiger charge is -2.28. The first-order valence-corrected chi connectivity index (χ1v) is 6.36. The third-order valence-corrected chi connectivity index (χ3v) is 3.73. The maximum atomic E-state index is 12.0. The Hall–Kier alpha value is -1.10. The summed E-state index contributed by atoms with van der Waals surface area (Å²) in [5.74, 6) is 0.585. The molecule has 2 saturated heterocycles. The maximum Gasteiger partial charge on any atom is 0.244 e. The van der Waals surface area contributed by atoms with E-state index in [1.807, 2.05) is 0 Å². The van der Waals surface area contributed by atoms with Crippen molar-refractivity contribution in [3.8, 4) is 0 Å². The van der Waals surface area contributed by atoms with Crippen molar-refractivity contribution in [2.45, 2.75) is 38.3 Å². The van der Waals surface area contributed by atoms with Crippen LogP contribution in [0.3, 0.4) is 0 Å². The van der Waals surface area contributed by atoms with E-state index in [-0.39, 0.29) is 23.9 Å². The Labute approximate surface area is 102 Å². The first kappa shape index (κ1) is 12.4. The van der Waals surface area contributed by atoms with Crippen molar-refractivity contribution in [3.63, 3.8) is 0 Å². The van der Waals surface area contributed by atoms with Crippen LogP contribution in [0, 0.1) is 5.92 Å². The van der Waals surface area contributed by atoms with Crippen molar-refractivity contribution >= 4 is 11.8 Å². The minimum atomic E-state index is -0.313. The van der Waals surface area contributed by atoms with Crippen molar-refractivity contribution in [3.05, 3.63) is 0 Å². The number of hydrogen-bond acceptors (Lipinski definition) is 3. The predicted octanol–water partition coefficient (Wildman–Crippen LogP) is -0.279. The number of likely N-dealkylation sites (tertiary alicyclic amines) is 1. The van der Waals surface area contributed by atoms with Crippen molar-refractivity contribution < 1.29 is 9.59 Å². The quantitative estimate of drug-likeness (QED) is 0.697. The van der Waals surface area contributed by atoms with E-state index in [0.29, 0.717) is 5.92 Å². The number of piperidine rings is 1. The van der Waals surface area contributed by atoms with E-state index in [2.05, 4.69) is 17.6 Å².